The van der Waals surface area contributed by atoms with Crippen LogP contribution in [0.15, 0.2) is 23.2 Å². The molecule has 1 fully saturated rings. The van der Waals surface area contributed by atoms with Crippen molar-refractivity contribution in [1.82, 2.24) is 16.0 Å². The molecule has 2 heterocycles. The van der Waals surface area contributed by atoms with E-state index in [0.29, 0.717) is 0 Å². The van der Waals surface area contributed by atoms with Crippen LogP contribution in [-0.4, -0.2) is 36.8 Å². The number of hydrogen-bond acceptors (Lipinski definition) is 6. The standard InChI is InChI=1S/C16H24N4O3/c1-9(2)23-16(22)14(10(3)17)15-19-12(8-13(21)20-15)11-4-6-18-7-5-11/h8-9,11,17-19H,4-7H2,1-3H3,(H,20,21)/b15-14-,17-10?. The molecule has 2 aliphatic heterocycles. The van der Waals surface area contributed by atoms with Gasteiger partial charge in [-0.05, 0) is 46.7 Å². The van der Waals surface area contributed by atoms with Gasteiger partial charge in [-0.25, -0.2) is 4.79 Å². The monoisotopic (exact) mass is 320 g/mol. The highest BCUT2D eigenvalue weighted by Crippen LogP contribution is 2.22. The van der Waals surface area contributed by atoms with Gasteiger partial charge >= 0.3 is 5.97 Å². The molecule has 0 bridgehead atoms. The van der Waals surface area contributed by atoms with E-state index in [1.54, 1.807) is 13.8 Å². The molecule has 4 N–H and O–H groups in total. The summed E-state index contributed by atoms with van der Waals surface area (Å²) in [7, 11) is 0. The Morgan fingerprint density at radius 3 is 2.52 bits per heavy atom. The fraction of sp³-hybridized carbons (Fsp3) is 0.562. The van der Waals surface area contributed by atoms with E-state index >= 15 is 0 Å². The highest BCUT2D eigenvalue weighted by molar-refractivity contribution is 6.18. The van der Waals surface area contributed by atoms with Crippen molar-refractivity contribution in [2.45, 2.75) is 39.7 Å². The van der Waals surface area contributed by atoms with Crippen molar-refractivity contribution in [2.75, 3.05) is 13.1 Å². The largest absolute Gasteiger partial charge is 0.459 e. The summed E-state index contributed by atoms with van der Waals surface area (Å²) in [6.45, 7) is 6.78. The van der Waals surface area contributed by atoms with Crippen LogP contribution in [0.25, 0.3) is 0 Å². The molecule has 0 radical (unpaired) electrons. The highest BCUT2D eigenvalue weighted by atomic mass is 16.5. The molecule has 7 heteroatoms. The molecule has 2 rings (SSSR count). The zero-order valence-electron chi connectivity index (χ0n) is 13.8. The predicted octanol–water partition coefficient (Wildman–Crippen LogP) is 0.792. The summed E-state index contributed by atoms with van der Waals surface area (Å²) in [6.07, 6.45) is 3.09. The van der Waals surface area contributed by atoms with E-state index in [9.17, 15) is 9.59 Å². The Balaban J connectivity index is 2.28. The van der Waals surface area contributed by atoms with Crippen LogP contribution < -0.4 is 16.0 Å². The molecular weight excluding hydrogens is 296 g/mol. The van der Waals surface area contributed by atoms with Crippen molar-refractivity contribution < 1.29 is 14.3 Å². The molecule has 1 amide bonds. The number of ether oxygens (including phenoxy) is 1. The average molecular weight is 320 g/mol. The van der Waals surface area contributed by atoms with Gasteiger partial charge in [0.2, 0.25) is 0 Å². The van der Waals surface area contributed by atoms with Crippen molar-refractivity contribution in [3.05, 3.63) is 23.2 Å². The van der Waals surface area contributed by atoms with Gasteiger partial charge in [0.05, 0.1) is 6.10 Å². The second-order valence-electron chi connectivity index (χ2n) is 6.07. The summed E-state index contributed by atoms with van der Waals surface area (Å²) in [6, 6.07) is 0. The third-order valence-corrected chi connectivity index (χ3v) is 3.75. The van der Waals surface area contributed by atoms with Crippen LogP contribution in [0.5, 0.6) is 0 Å². The van der Waals surface area contributed by atoms with Crippen LogP contribution >= 0.6 is 0 Å². The Hall–Kier alpha value is -2.15. The minimum atomic E-state index is -0.609. The molecule has 0 atom stereocenters. The van der Waals surface area contributed by atoms with Gasteiger partial charge in [0.15, 0.2) is 0 Å². The van der Waals surface area contributed by atoms with Crippen molar-refractivity contribution in [2.24, 2.45) is 5.92 Å². The molecule has 0 aliphatic carbocycles. The number of rotatable bonds is 4. The fourth-order valence-corrected chi connectivity index (χ4v) is 2.71. The summed E-state index contributed by atoms with van der Waals surface area (Å²) in [5.74, 6) is -0.417. The number of nitrogens with one attached hydrogen (secondary N) is 4. The minimum Gasteiger partial charge on any atom is -0.459 e. The summed E-state index contributed by atoms with van der Waals surface area (Å²) in [4.78, 5) is 24.2. The number of allylic oxidation sites excluding steroid dienone is 1. The Bertz CT molecular complexity index is 572. The van der Waals surface area contributed by atoms with Crippen LogP contribution in [0, 0.1) is 11.3 Å². The second-order valence-corrected chi connectivity index (χ2v) is 6.07. The van der Waals surface area contributed by atoms with Crippen molar-refractivity contribution in [3.63, 3.8) is 0 Å². The first-order valence-electron chi connectivity index (χ1n) is 7.89. The van der Waals surface area contributed by atoms with Crippen LogP contribution in [-0.2, 0) is 14.3 Å². The Kier molecular flexibility index (Phi) is 5.54. The highest BCUT2D eigenvalue weighted by Gasteiger charge is 2.28. The van der Waals surface area contributed by atoms with E-state index in [1.807, 2.05) is 0 Å². The van der Waals surface area contributed by atoms with E-state index in [-0.39, 0.29) is 35.0 Å². The molecule has 0 unspecified atom stereocenters. The maximum atomic E-state index is 12.2. The molecule has 0 saturated carbocycles. The Morgan fingerprint density at radius 1 is 1.30 bits per heavy atom. The van der Waals surface area contributed by atoms with Gasteiger partial charge in [-0.1, -0.05) is 0 Å². The molecular formula is C16H24N4O3. The summed E-state index contributed by atoms with van der Waals surface area (Å²) in [5, 5.41) is 16.9. The first-order chi connectivity index (χ1) is 10.9. The molecule has 0 spiro atoms. The van der Waals surface area contributed by atoms with Crippen LogP contribution in [0.4, 0.5) is 0 Å². The number of carbonyl (C=O) groups is 2. The van der Waals surface area contributed by atoms with Gasteiger partial charge in [0, 0.05) is 23.4 Å². The second kappa shape index (κ2) is 7.41. The van der Waals surface area contributed by atoms with E-state index in [2.05, 4.69) is 16.0 Å². The van der Waals surface area contributed by atoms with Gasteiger partial charge in [0.25, 0.3) is 5.91 Å². The lowest BCUT2D eigenvalue weighted by molar-refractivity contribution is -0.142. The van der Waals surface area contributed by atoms with Crippen LogP contribution in [0.2, 0.25) is 0 Å². The predicted molar refractivity (Wildman–Crippen MR) is 86.6 cm³/mol. The van der Waals surface area contributed by atoms with Crippen molar-refractivity contribution in [3.8, 4) is 0 Å². The average Bonchev–Trinajstić information content (AvgIpc) is 2.46. The smallest absolute Gasteiger partial charge is 0.343 e. The van der Waals surface area contributed by atoms with E-state index in [1.165, 1.54) is 13.0 Å². The third kappa shape index (κ3) is 4.41. The molecule has 0 aromatic carbocycles. The first-order valence-corrected chi connectivity index (χ1v) is 7.89. The first kappa shape index (κ1) is 17.2. The van der Waals surface area contributed by atoms with Gasteiger partial charge in [-0.15, -0.1) is 0 Å². The lowest BCUT2D eigenvalue weighted by atomic mass is 9.93. The van der Waals surface area contributed by atoms with Crippen LogP contribution in [0.3, 0.4) is 0 Å². The molecule has 2 aliphatic rings. The third-order valence-electron chi connectivity index (χ3n) is 3.75. The summed E-state index contributed by atoms with van der Waals surface area (Å²) in [5.41, 5.74) is 0.901. The number of esters is 1. The van der Waals surface area contributed by atoms with Gasteiger partial charge in [-0.2, -0.15) is 0 Å². The number of amides is 1. The van der Waals surface area contributed by atoms with Gasteiger partial charge in [0.1, 0.15) is 11.4 Å². The fourth-order valence-electron chi connectivity index (χ4n) is 2.71. The quantitative estimate of drug-likeness (QED) is 0.348. The Labute approximate surface area is 136 Å². The summed E-state index contributed by atoms with van der Waals surface area (Å²) >= 11 is 0. The minimum absolute atomic E-state index is 0.0463. The summed E-state index contributed by atoms with van der Waals surface area (Å²) < 4.78 is 5.18. The zero-order valence-corrected chi connectivity index (χ0v) is 13.8. The molecule has 0 aromatic rings. The number of hydrogen-bond donors (Lipinski definition) is 4. The zero-order chi connectivity index (χ0) is 17.0. The van der Waals surface area contributed by atoms with Crippen molar-refractivity contribution >= 4 is 17.6 Å². The normalized spacial score (nSPS) is 21.2. The van der Waals surface area contributed by atoms with E-state index in [0.717, 1.165) is 31.6 Å². The maximum Gasteiger partial charge on any atom is 0.343 e. The molecule has 7 nitrogen and oxygen atoms in total. The molecule has 0 aromatic heterocycles. The van der Waals surface area contributed by atoms with Crippen molar-refractivity contribution in [1.29, 1.82) is 5.41 Å². The van der Waals surface area contributed by atoms with Crippen LogP contribution in [0.1, 0.15) is 33.6 Å². The molecule has 126 valence electrons. The van der Waals surface area contributed by atoms with E-state index < -0.39 is 5.97 Å². The number of carbonyl (C=O) groups excluding carboxylic acids is 2. The topological polar surface area (TPSA) is 103 Å². The lowest BCUT2D eigenvalue weighted by Gasteiger charge is -2.30. The molecule has 23 heavy (non-hydrogen) atoms. The van der Waals surface area contributed by atoms with Gasteiger partial charge < -0.3 is 26.1 Å². The SMILES string of the molecule is CC(=N)/C(C(=O)OC(C)C)=C1/NC(=O)C=C(C2CCNCC2)N1. The number of piperidine rings is 1. The Morgan fingerprint density at radius 2 is 1.96 bits per heavy atom. The van der Waals surface area contributed by atoms with Gasteiger partial charge in [-0.3, -0.25) is 4.79 Å². The van der Waals surface area contributed by atoms with E-state index in [4.69, 9.17) is 10.1 Å². The molecule has 1 saturated heterocycles. The maximum absolute atomic E-state index is 12.2. The lowest BCUT2D eigenvalue weighted by Crippen LogP contribution is -2.42.